The Morgan fingerprint density at radius 3 is 3.06 bits per heavy atom. The molecule has 1 aliphatic rings. The third-order valence-electron chi connectivity index (χ3n) is 2.47. The van der Waals surface area contributed by atoms with Gasteiger partial charge in [0.1, 0.15) is 0 Å². The highest BCUT2D eigenvalue weighted by atomic mass is 16.7. The molecule has 90 valence electrons. The van der Waals surface area contributed by atoms with Crippen LogP contribution in [-0.2, 0) is 11.2 Å². The van der Waals surface area contributed by atoms with Gasteiger partial charge in [0.05, 0.1) is 0 Å². The summed E-state index contributed by atoms with van der Waals surface area (Å²) in [5.74, 6) is 1.50. The van der Waals surface area contributed by atoms with Crippen LogP contribution in [0.2, 0.25) is 0 Å². The predicted octanol–water partition coefficient (Wildman–Crippen LogP) is 1.65. The van der Waals surface area contributed by atoms with E-state index in [2.05, 4.69) is 5.32 Å². The molecule has 0 radical (unpaired) electrons. The monoisotopic (exact) mass is 233 g/mol. The quantitative estimate of drug-likeness (QED) is 0.804. The summed E-state index contributed by atoms with van der Waals surface area (Å²) in [5.41, 5.74) is 1.12. The van der Waals surface area contributed by atoms with Crippen molar-refractivity contribution in [3.63, 3.8) is 0 Å². The van der Waals surface area contributed by atoms with Crippen LogP contribution in [0.5, 0.6) is 11.5 Å². The van der Waals surface area contributed by atoms with Crippen LogP contribution in [0.4, 0.5) is 0 Å². The van der Waals surface area contributed by atoms with E-state index in [1.165, 1.54) is 6.08 Å². The fourth-order valence-corrected chi connectivity index (χ4v) is 1.64. The molecule has 1 aromatic rings. The summed E-state index contributed by atoms with van der Waals surface area (Å²) in [6.45, 7) is 2.72. The van der Waals surface area contributed by atoms with Gasteiger partial charge >= 0.3 is 0 Å². The van der Waals surface area contributed by atoms with E-state index in [4.69, 9.17) is 9.47 Å². The molecule has 0 atom stereocenters. The maximum absolute atomic E-state index is 11.2. The zero-order chi connectivity index (χ0) is 12.1. The van der Waals surface area contributed by atoms with Crippen molar-refractivity contribution in [2.24, 2.45) is 0 Å². The predicted molar refractivity (Wildman–Crippen MR) is 64.1 cm³/mol. The molecule has 0 aromatic heterocycles. The van der Waals surface area contributed by atoms with Gasteiger partial charge in [-0.05, 0) is 37.1 Å². The number of carbonyl (C=O) groups is 1. The number of hydrogen-bond donors (Lipinski definition) is 1. The van der Waals surface area contributed by atoms with Gasteiger partial charge in [-0.1, -0.05) is 12.1 Å². The Bertz CT molecular complexity index is 440. The van der Waals surface area contributed by atoms with E-state index in [1.54, 1.807) is 6.08 Å². The molecule has 0 fully saturated rings. The van der Waals surface area contributed by atoms with Crippen LogP contribution in [0.1, 0.15) is 12.5 Å². The Hall–Kier alpha value is -1.97. The van der Waals surface area contributed by atoms with Crippen molar-refractivity contribution in [1.29, 1.82) is 0 Å². The van der Waals surface area contributed by atoms with E-state index in [-0.39, 0.29) is 12.7 Å². The van der Waals surface area contributed by atoms with Crippen LogP contribution in [0.3, 0.4) is 0 Å². The van der Waals surface area contributed by atoms with Crippen LogP contribution in [0.15, 0.2) is 30.4 Å². The lowest BCUT2D eigenvalue weighted by Crippen LogP contribution is -2.23. The van der Waals surface area contributed by atoms with Gasteiger partial charge in [0.25, 0.3) is 0 Å². The lowest BCUT2D eigenvalue weighted by molar-refractivity contribution is -0.116. The summed E-state index contributed by atoms with van der Waals surface area (Å²) >= 11 is 0. The average Bonchev–Trinajstić information content (AvgIpc) is 2.76. The van der Waals surface area contributed by atoms with Crippen molar-refractivity contribution < 1.29 is 14.3 Å². The smallest absolute Gasteiger partial charge is 0.243 e. The molecular formula is C13H15NO3. The fraction of sp³-hybridized carbons (Fsp3) is 0.308. The number of fused-ring (bicyclic) bond motifs is 1. The molecule has 0 saturated heterocycles. The molecule has 0 saturated carbocycles. The van der Waals surface area contributed by atoms with Crippen molar-refractivity contribution in [1.82, 2.24) is 5.32 Å². The lowest BCUT2D eigenvalue weighted by Gasteiger charge is -2.04. The third kappa shape index (κ3) is 3.00. The average molecular weight is 233 g/mol. The molecule has 1 heterocycles. The molecule has 4 heteroatoms. The summed E-state index contributed by atoms with van der Waals surface area (Å²) in [5, 5.41) is 2.80. The molecule has 1 aliphatic heterocycles. The standard InChI is InChI=1S/C13H15NO3/c1-2-3-13(15)14-7-6-10-4-5-11-12(8-10)17-9-16-11/h2-5,8H,6-7,9H2,1H3,(H,14,15)/b3-2+. The van der Waals surface area contributed by atoms with E-state index in [0.717, 1.165) is 23.5 Å². The summed E-state index contributed by atoms with van der Waals surface area (Å²) in [7, 11) is 0. The van der Waals surface area contributed by atoms with E-state index >= 15 is 0 Å². The highest BCUT2D eigenvalue weighted by molar-refractivity contribution is 5.87. The number of benzene rings is 1. The van der Waals surface area contributed by atoms with Gasteiger partial charge in [-0.3, -0.25) is 4.79 Å². The van der Waals surface area contributed by atoms with Gasteiger partial charge in [0, 0.05) is 6.54 Å². The molecule has 2 rings (SSSR count). The second kappa shape index (κ2) is 5.39. The number of allylic oxidation sites excluding steroid dienone is 1. The van der Waals surface area contributed by atoms with Gasteiger partial charge in [-0.25, -0.2) is 0 Å². The first kappa shape index (κ1) is 11.5. The minimum absolute atomic E-state index is 0.0618. The van der Waals surface area contributed by atoms with Crippen molar-refractivity contribution >= 4 is 5.91 Å². The molecule has 17 heavy (non-hydrogen) atoms. The van der Waals surface area contributed by atoms with Gasteiger partial charge in [0.15, 0.2) is 11.5 Å². The van der Waals surface area contributed by atoms with Crippen LogP contribution in [0, 0.1) is 0 Å². The molecule has 1 amide bonds. The van der Waals surface area contributed by atoms with Crippen molar-refractivity contribution in [2.45, 2.75) is 13.3 Å². The first-order valence-electron chi connectivity index (χ1n) is 5.58. The molecule has 0 spiro atoms. The van der Waals surface area contributed by atoms with Gasteiger partial charge in [0.2, 0.25) is 12.7 Å². The van der Waals surface area contributed by atoms with E-state index in [1.807, 2.05) is 25.1 Å². The van der Waals surface area contributed by atoms with E-state index in [9.17, 15) is 4.79 Å². The third-order valence-corrected chi connectivity index (χ3v) is 2.47. The Labute approximate surface area is 100 Å². The Kier molecular flexibility index (Phi) is 3.65. The Balaban J connectivity index is 1.85. The first-order chi connectivity index (χ1) is 8.29. The minimum atomic E-state index is -0.0618. The minimum Gasteiger partial charge on any atom is -0.454 e. The molecule has 0 bridgehead atoms. The number of amides is 1. The maximum Gasteiger partial charge on any atom is 0.243 e. The highest BCUT2D eigenvalue weighted by Gasteiger charge is 2.12. The lowest BCUT2D eigenvalue weighted by atomic mass is 10.1. The highest BCUT2D eigenvalue weighted by Crippen LogP contribution is 2.32. The number of ether oxygens (including phenoxy) is 2. The van der Waals surface area contributed by atoms with Crippen LogP contribution in [0.25, 0.3) is 0 Å². The van der Waals surface area contributed by atoms with Gasteiger partial charge in [-0.15, -0.1) is 0 Å². The number of rotatable bonds is 4. The first-order valence-corrected chi connectivity index (χ1v) is 5.58. The summed E-state index contributed by atoms with van der Waals surface area (Å²) in [4.78, 5) is 11.2. The van der Waals surface area contributed by atoms with Crippen molar-refractivity contribution in [2.75, 3.05) is 13.3 Å². The maximum atomic E-state index is 11.2. The number of hydrogen-bond acceptors (Lipinski definition) is 3. The van der Waals surface area contributed by atoms with Crippen LogP contribution < -0.4 is 14.8 Å². The topological polar surface area (TPSA) is 47.6 Å². The normalized spacial score (nSPS) is 13.0. The van der Waals surface area contributed by atoms with Crippen LogP contribution >= 0.6 is 0 Å². The number of carbonyl (C=O) groups excluding carboxylic acids is 1. The Morgan fingerprint density at radius 1 is 1.41 bits per heavy atom. The fourth-order valence-electron chi connectivity index (χ4n) is 1.64. The molecule has 1 N–H and O–H groups in total. The molecular weight excluding hydrogens is 218 g/mol. The van der Waals surface area contributed by atoms with Crippen molar-refractivity contribution in [3.05, 3.63) is 35.9 Å². The molecule has 1 aromatic carbocycles. The summed E-state index contributed by atoms with van der Waals surface area (Å²) < 4.78 is 10.5. The Morgan fingerprint density at radius 2 is 2.24 bits per heavy atom. The van der Waals surface area contributed by atoms with E-state index < -0.39 is 0 Å². The number of nitrogens with one attached hydrogen (secondary N) is 1. The second-order valence-corrected chi connectivity index (χ2v) is 3.73. The summed E-state index contributed by atoms with van der Waals surface area (Å²) in [6.07, 6.45) is 4.01. The van der Waals surface area contributed by atoms with Gasteiger partial charge in [-0.2, -0.15) is 0 Å². The van der Waals surface area contributed by atoms with Crippen molar-refractivity contribution in [3.8, 4) is 11.5 Å². The second-order valence-electron chi connectivity index (χ2n) is 3.73. The largest absolute Gasteiger partial charge is 0.454 e. The molecule has 0 aliphatic carbocycles. The zero-order valence-corrected chi connectivity index (χ0v) is 9.73. The van der Waals surface area contributed by atoms with Gasteiger partial charge < -0.3 is 14.8 Å². The van der Waals surface area contributed by atoms with Crippen LogP contribution in [-0.4, -0.2) is 19.2 Å². The zero-order valence-electron chi connectivity index (χ0n) is 9.73. The molecule has 0 unspecified atom stereocenters. The SMILES string of the molecule is C/C=C/C(=O)NCCc1ccc2c(c1)OCO2. The summed E-state index contributed by atoms with van der Waals surface area (Å²) in [6, 6.07) is 5.82. The van der Waals surface area contributed by atoms with E-state index in [0.29, 0.717) is 6.54 Å². The molecule has 4 nitrogen and oxygen atoms in total.